The van der Waals surface area contributed by atoms with Crippen molar-refractivity contribution in [3.8, 4) is 0 Å². The standard InChI is InChI=1S/C17H16F4N2O4S/c1-2-27-15(24)16(17(19,20)21,22-13-8-6-7-12(18)11-13)23-28(25,26)14-9-4-3-5-10-14/h3-11,22-23H,2H2,1H3/t16-/m0/s1. The first-order valence-electron chi connectivity index (χ1n) is 7.88. The lowest BCUT2D eigenvalue weighted by atomic mass is 10.1. The molecule has 0 bridgehead atoms. The van der Waals surface area contributed by atoms with Crippen molar-refractivity contribution in [1.29, 1.82) is 0 Å². The van der Waals surface area contributed by atoms with Crippen LogP contribution in [0.15, 0.2) is 59.5 Å². The predicted molar refractivity (Wildman–Crippen MR) is 92.2 cm³/mol. The Balaban J connectivity index is 2.60. The van der Waals surface area contributed by atoms with Crippen molar-refractivity contribution in [2.24, 2.45) is 0 Å². The Kier molecular flexibility index (Phi) is 6.30. The SMILES string of the molecule is CCOC(=O)[C@](Nc1cccc(F)c1)(NS(=O)(=O)c1ccccc1)C(F)(F)F. The molecule has 0 saturated heterocycles. The van der Waals surface area contributed by atoms with E-state index in [2.05, 4.69) is 4.74 Å². The van der Waals surface area contributed by atoms with Crippen molar-refractivity contribution in [1.82, 2.24) is 4.72 Å². The molecular weight excluding hydrogens is 404 g/mol. The van der Waals surface area contributed by atoms with Crippen molar-refractivity contribution >= 4 is 21.7 Å². The van der Waals surface area contributed by atoms with E-state index in [9.17, 15) is 30.8 Å². The number of hydrogen-bond donors (Lipinski definition) is 2. The van der Waals surface area contributed by atoms with E-state index < -0.39 is 50.8 Å². The van der Waals surface area contributed by atoms with Crippen LogP contribution in [0.2, 0.25) is 0 Å². The summed E-state index contributed by atoms with van der Waals surface area (Å²) in [7, 11) is -4.82. The maximum Gasteiger partial charge on any atom is 0.437 e. The van der Waals surface area contributed by atoms with Crippen LogP contribution in [0.1, 0.15) is 6.92 Å². The summed E-state index contributed by atoms with van der Waals surface area (Å²) < 4.78 is 86.3. The zero-order valence-electron chi connectivity index (χ0n) is 14.5. The molecule has 0 heterocycles. The summed E-state index contributed by atoms with van der Waals surface area (Å²) >= 11 is 0. The minimum absolute atomic E-state index is 0.450. The number of halogens is 4. The molecule has 2 aromatic rings. The average molecular weight is 420 g/mol. The Morgan fingerprint density at radius 3 is 2.25 bits per heavy atom. The van der Waals surface area contributed by atoms with Gasteiger partial charge in [-0.3, -0.25) is 0 Å². The number of ether oxygens (including phenoxy) is 1. The lowest BCUT2D eigenvalue weighted by Crippen LogP contribution is -2.69. The summed E-state index contributed by atoms with van der Waals surface area (Å²) in [5, 5.41) is 1.75. The van der Waals surface area contributed by atoms with E-state index in [4.69, 9.17) is 0 Å². The van der Waals surface area contributed by atoms with Crippen molar-refractivity contribution in [2.75, 3.05) is 11.9 Å². The summed E-state index contributed by atoms with van der Waals surface area (Å²) in [4.78, 5) is 11.8. The lowest BCUT2D eigenvalue weighted by Gasteiger charge is -2.35. The summed E-state index contributed by atoms with van der Waals surface area (Å²) in [6.07, 6.45) is -5.48. The zero-order chi connectivity index (χ0) is 21.0. The van der Waals surface area contributed by atoms with Crippen LogP contribution in [0, 0.1) is 5.82 Å². The molecule has 2 rings (SSSR count). The van der Waals surface area contributed by atoms with Crippen LogP contribution in [-0.4, -0.2) is 32.8 Å². The molecule has 0 aromatic heterocycles. The van der Waals surface area contributed by atoms with E-state index in [-0.39, 0.29) is 0 Å². The molecule has 0 radical (unpaired) electrons. The molecule has 1 atom stereocenters. The van der Waals surface area contributed by atoms with Crippen LogP contribution >= 0.6 is 0 Å². The zero-order valence-corrected chi connectivity index (χ0v) is 15.3. The van der Waals surface area contributed by atoms with E-state index in [0.717, 1.165) is 30.3 Å². The van der Waals surface area contributed by atoms with Gasteiger partial charge in [-0.25, -0.2) is 17.6 Å². The average Bonchev–Trinajstić information content (AvgIpc) is 2.61. The van der Waals surface area contributed by atoms with Crippen molar-refractivity contribution in [3.05, 3.63) is 60.4 Å². The summed E-state index contributed by atoms with van der Waals surface area (Å²) in [5.74, 6) is -2.83. The van der Waals surface area contributed by atoms with Gasteiger partial charge in [-0.1, -0.05) is 24.3 Å². The Morgan fingerprint density at radius 2 is 1.71 bits per heavy atom. The van der Waals surface area contributed by atoms with Gasteiger partial charge in [0, 0.05) is 5.69 Å². The van der Waals surface area contributed by atoms with Crippen LogP contribution < -0.4 is 10.0 Å². The molecule has 28 heavy (non-hydrogen) atoms. The topological polar surface area (TPSA) is 84.5 Å². The number of sulfonamides is 1. The molecule has 0 unspecified atom stereocenters. The summed E-state index contributed by atoms with van der Waals surface area (Å²) in [6.45, 7) is 0.807. The van der Waals surface area contributed by atoms with Gasteiger partial charge < -0.3 is 10.1 Å². The van der Waals surface area contributed by atoms with Gasteiger partial charge in [-0.2, -0.15) is 17.9 Å². The number of carbonyl (C=O) groups is 1. The summed E-state index contributed by atoms with van der Waals surface area (Å²) in [6, 6.07) is 9.95. The number of carbonyl (C=O) groups excluding carboxylic acids is 1. The van der Waals surface area contributed by atoms with Crippen LogP contribution in [0.5, 0.6) is 0 Å². The number of benzene rings is 2. The second kappa shape index (κ2) is 8.15. The first-order valence-corrected chi connectivity index (χ1v) is 9.37. The monoisotopic (exact) mass is 420 g/mol. The van der Waals surface area contributed by atoms with E-state index in [0.29, 0.717) is 6.07 Å². The normalized spacial score (nSPS) is 14.2. The largest absolute Gasteiger partial charge is 0.463 e. The molecular formula is C17H16F4N2O4S. The van der Waals surface area contributed by atoms with Gasteiger partial charge in [0.25, 0.3) is 5.66 Å². The maximum atomic E-state index is 14.0. The molecule has 0 fully saturated rings. The lowest BCUT2D eigenvalue weighted by molar-refractivity contribution is -0.202. The number of nitrogens with one attached hydrogen (secondary N) is 2. The predicted octanol–water partition coefficient (Wildman–Crippen LogP) is 3.04. The van der Waals surface area contributed by atoms with Crippen molar-refractivity contribution in [3.63, 3.8) is 0 Å². The quantitative estimate of drug-likeness (QED) is 0.409. The van der Waals surface area contributed by atoms with E-state index in [1.54, 1.807) is 5.32 Å². The Morgan fingerprint density at radius 1 is 1.07 bits per heavy atom. The molecule has 0 aliphatic heterocycles. The van der Waals surface area contributed by atoms with Gasteiger partial charge in [0.05, 0.1) is 11.5 Å². The fraction of sp³-hybridized carbons (Fsp3) is 0.235. The number of esters is 1. The third-order valence-electron chi connectivity index (χ3n) is 3.50. The van der Waals surface area contributed by atoms with E-state index in [1.165, 1.54) is 29.8 Å². The van der Waals surface area contributed by atoms with E-state index in [1.807, 2.05) is 0 Å². The van der Waals surface area contributed by atoms with Crippen LogP contribution in [0.3, 0.4) is 0 Å². The third kappa shape index (κ3) is 4.60. The fourth-order valence-corrected chi connectivity index (χ4v) is 3.53. The summed E-state index contributed by atoms with van der Waals surface area (Å²) in [5.41, 5.74) is -4.37. The molecule has 2 N–H and O–H groups in total. The van der Waals surface area contributed by atoms with Gasteiger partial charge in [-0.05, 0) is 37.3 Å². The number of alkyl halides is 3. The molecule has 2 aromatic carbocycles. The third-order valence-corrected chi connectivity index (χ3v) is 4.97. The Bertz CT molecular complexity index is 936. The molecule has 0 saturated carbocycles. The minimum atomic E-state index is -5.48. The minimum Gasteiger partial charge on any atom is -0.463 e. The van der Waals surface area contributed by atoms with Crippen LogP contribution in [0.25, 0.3) is 0 Å². The highest BCUT2D eigenvalue weighted by Gasteiger charge is 2.64. The van der Waals surface area contributed by atoms with Gasteiger partial charge in [-0.15, -0.1) is 0 Å². The Labute approximate surface area is 158 Å². The van der Waals surface area contributed by atoms with Crippen LogP contribution in [-0.2, 0) is 19.6 Å². The molecule has 152 valence electrons. The molecule has 0 amide bonds. The molecule has 0 aliphatic carbocycles. The second-order valence-corrected chi connectivity index (χ2v) is 7.20. The Hall–Kier alpha value is -2.66. The number of hydrogen-bond acceptors (Lipinski definition) is 5. The first-order chi connectivity index (χ1) is 13.0. The number of anilines is 1. The van der Waals surface area contributed by atoms with Crippen molar-refractivity contribution < 1.29 is 35.5 Å². The van der Waals surface area contributed by atoms with Gasteiger partial charge >= 0.3 is 12.1 Å². The molecule has 0 aliphatic rings. The van der Waals surface area contributed by atoms with Gasteiger partial charge in [0.15, 0.2) is 0 Å². The van der Waals surface area contributed by atoms with Crippen molar-refractivity contribution in [2.45, 2.75) is 23.7 Å². The first kappa shape index (κ1) is 21.6. The molecule has 0 spiro atoms. The maximum absolute atomic E-state index is 14.0. The second-order valence-electron chi connectivity index (χ2n) is 5.52. The smallest absolute Gasteiger partial charge is 0.437 e. The van der Waals surface area contributed by atoms with E-state index >= 15 is 0 Å². The highest BCUT2D eigenvalue weighted by Crippen LogP contribution is 2.34. The highest BCUT2D eigenvalue weighted by molar-refractivity contribution is 7.89. The van der Waals surface area contributed by atoms with Gasteiger partial charge in [0.2, 0.25) is 10.0 Å². The highest BCUT2D eigenvalue weighted by atomic mass is 32.2. The fourth-order valence-electron chi connectivity index (χ4n) is 2.24. The molecule has 6 nitrogen and oxygen atoms in total. The van der Waals surface area contributed by atoms with Gasteiger partial charge in [0.1, 0.15) is 5.82 Å². The van der Waals surface area contributed by atoms with Crippen LogP contribution in [0.4, 0.5) is 23.2 Å². The number of rotatable bonds is 7. The molecule has 11 heteroatoms.